The van der Waals surface area contributed by atoms with Crippen molar-refractivity contribution in [1.29, 1.82) is 0 Å². The van der Waals surface area contributed by atoms with Crippen molar-refractivity contribution in [2.75, 3.05) is 39.4 Å². The normalized spacial score (nSPS) is 23.5. The van der Waals surface area contributed by atoms with Gasteiger partial charge in [0.25, 0.3) is 5.91 Å². The number of likely N-dealkylation sites (tertiary alicyclic amines) is 1. The maximum absolute atomic E-state index is 12.6. The second kappa shape index (κ2) is 6.73. The largest absolute Gasteiger partial charge is 0.379 e. The van der Waals surface area contributed by atoms with Crippen molar-refractivity contribution in [3.05, 3.63) is 29.0 Å². The number of rotatable bonds is 3. The van der Waals surface area contributed by atoms with Gasteiger partial charge in [0.05, 0.1) is 18.2 Å². The number of aromatic nitrogens is 1. The van der Waals surface area contributed by atoms with Crippen molar-refractivity contribution in [2.24, 2.45) is 0 Å². The molecule has 1 atom stereocenters. The zero-order valence-electron chi connectivity index (χ0n) is 12.0. The molecular weight excluding hydrogens is 290 g/mol. The van der Waals surface area contributed by atoms with Gasteiger partial charge in [-0.25, -0.2) is 4.98 Å². The molecule has 0 aliphatic carbocycles. The Morgan fingerprint density at radius 1 is 1.33 bits per heavy atom. The van der Waals surface area contributed by atoms with Crippen LogP contribution in [0.15, 0.2) is 18.3 Å². The average molecular weight is 310 g/mol. The number of carbonyl (C=O) groups excluding carboxylic acids is 1. The van der Waals surface area contributed by atoms with Crippen LogP contribution in [-0.2, 0) is 4.74 Å². The summed E-state index contributed by atoms with van der Waals surface area (Å²) in [6.07, 6.45) is 3.66. The van der Waals surface area contributed by atoms with Crippen LogP contribution in [0.4, 0.5) is 0 Å². The number of carbonyl (C=O) groups is 1. The van der Waals surface area contributed by atoms with Crippen LogP contribution in [0, 0.1) is 0 Å². The Morgan fingerprint density at radius 2 is 2.14 bits per heavy atom. The van der Waals surface area contributed by atoms with Gasteiger partial charge in [0.1, 0.15) is 5.69 Å². The lowest BCUT2D eigenvalue weighted by atomic mass is 10.2. The van der Waals surface area contributed by atoms with E-state index < -0.39 is 0 Å². The zero-order valence-corrected chi connectivity index (χ0v) is 12.8. The third-order valence-electron chi connectivity index (χ3n) is 4.16. The van der Waals surface area contributed by atoms with E-state index in [0.29, 0.717) is 10.7 Å². The van der Waals surface area contributed by atoms with Gasteiger partial charge in [0, 0.05) is 38.4 Å². The first-order valence-corrected chi connectivity index (χ1v) is 7.84. The molecular formula is C15H20ClN3O2. The number of morpholine rings is 1. The maximum atomic E-state index is 12.6. The van der Waals surface area contributed by atoms with Gasteiger partial charge < -0.3 is 9.64 Å². The predicted molar refractivity (Wildman–Crippen MR) is 80.6 cm³/mol. The van der Waals surface area contributed by atoms with Crippen LogP contribution in [0.25, 0.3) is 0 Å². The number of pyridine rings is 1. The topological polar surface area (TPSA) is 45.7 Å². The molecule has 0 aromatic carbocycles. The van der Waals surface area contributed by atoms with Crippen LogP contribution >= 0.6 is 11.6 Å². The van der Waals surface area contributed by atoms with Crippen LogP contribution < -0.4 is 0 Å². The summed E-state index contributed by atoms with van der Waals surface area (Å²) in [4.78, 5) is 21.1. The summed E-state index contributed by atoms with van der Waals surface area (Å²) in [5, 5.41) is 0.554. The summed E-state index contributed by atoms with van der Waals surface area (Å²) in [5.74, 6) is 0.0161. The third-order valence-corrected chi connectivity index (χ3v) is 4.38. The molecule has 1 aromatic rings. The molecule has 2 aliphatic rings. The van der Waals surface area contributed by atoms with E-state index in [1.807, 2.05) is 4.90 Å². The molecule has 0 unspecified atom stereocenters. The fourth-order valence-electron chi connectivity index (χ4n) is 3.02. The van der Waals surface area contributed by atoms with Gasteiger partial charge in [0.2, 0.25) is 0 Å². The number of amides is 1. The molecule has 0 spiro atoms. The smallest absolute Gasteiger partial charge is 0.272 e. The van der Waals surface area contributed by atoms with Gasteiger partial charge in [-0.15, -0.1) is 0 Å². The highest BCUT2D eigenvalue weighted by Gasteiger charge is 2.31. The molecule has 2 aliphatic heterocycles. The van der Waals surface area contributed by atoms with E-state index in [9.17, 15) is 4.79 Å². The minimum absolute atomic E-state index is 0.0161. The molecule has 1 amide bonds. The highest BCUT2D eigenvalue weighted by Crippen LogP contribution is 2.21. The summed E-state index contributed by atoms with van der Waals surface area (Å²) in [6, 6.07) is 3.71. The van der Waals surface area contributed by atoms with E-state index >= 15 is 0 Å². The van der Waals surface area contributed by atoms with Crippen LogP contribution in [0.2, 0.25) is 5.02 Å². The molecule has 3 rings (SSSR count). The summed E-state index contributed by atoms with van der Waals surface area (Å²) >= 11 is 5.83. The first-order chi connectivity index (χ1) is 10.2. The van der Waals surface area contributed by atoms with Gasteiger partial charge in [-0.3, -0.25) is 9.69 Å². The van der Waals surface area contributed by atoms with E-state index in [4.69, 9.17) is 16.3 Å². The molecule has 114 valence electrons. The Kier molecular flexibility index (Phi) is 4.73. The minimum Gasteiger partial charge on any atom is -0.379 e. The van der Waals surface area contributed by atoms with Crippen molar-refractivity contribution in [2.45, 2.75) is 18.9 Å². The Morgan fingerprint density at radius 3 is 2.86 bits per heavy atom. The molecule has 21 heavy (non-hydrogen) atoms. The quantitative estimate of drug-likeness (QED) is 0.852. The van der Waals surface area contributed by atoms with E-state index in [1.165, 1.54) is 6.20 Å². The molecule has 2 fully saturated rings. The van der Waals surface area contributed by atoms with E-state index in [-0.39, 0.29) is 11.9 Å². The fourth-order valence-corrected chi connectivity index (χ4v) is 3.14. The number of ether oxygens (including phenoxy) is 1. The number of nitrogens with zero attached hydrogens (tertiary/aromatic N) is 3. The fraction of sp³-hybridized carbons (Fsp3) is 0.600. The van der Waals surface area contributed by atoms with Crippen LogP contribution in [0.5, 0.6) is 0 Å². The van der Waals surface area contributed by atoms with Crippen molar-refractivity contribution in [3.63, 3.8) is 0 Å². The van der Waals surface area contributed by atoms with Crippen molar-refractivity contribution in [1.82, 2.24) is 14.8 Å². The summed E-state index contributed by atoms with van der Waals surface area (Å²) in [5.41, 5.74) is 0.480. The molecule has 0 bridgehead atoms. The molecule has 0 N–H and O–H groups in total. The Labute approximate surface area is 129 Å². The van der Waals surface area contributed by atoms with Gasteiger partial charge in [-0.05, 0) is 25.0 Å². The minimum atomic E-state index is 0.0161. The molecule has 6 heteroatoms. The van der Waals surface area contributed by atoms with Gasteiger partial charge in [0.15, 0.2) is 0 Å². The lowest BCUT2D eigenvalue weighted by molar-refractivity contribution is 0.0260. The molecule has 5 nitrogen and oxygen atoms in total. The summed E-state index contributed by atoms with van der Waals surface area (Å²) < 4.78 is 5.37. The Bertz CT molecular complexity index is 488. The number of hydrogen-bond donors (Lipinski definition) is 0. The molecule has 2 saturated heterocycles. The number of halogens is 1. The summed E-state index contributed by atoms with van der Waals surface area (Å²) in [6.45, 7) is 5.25. The van der Waals surface area contributed by atoms with Crippen LogP contribution in [0.3, 0.4) is 0 Å². The second-order valence-corrected chi connectivity index (χ2v) is 6.01. The van der Waals surface area contributed by atoms with Gasteiger partial charge >= 0.3 is 0 Å². The zero-order chi connectivity index (χ0) is 14.7. The first-order valence-electron chi connectivity index (χ1n) is 7.46. The average Bonchev–Trinajstić information content (AvgIpc) is 2.96. The highest BCUT2D eigenvalue weighted by atomic mass is 35.5. The summed E-state index contributed by atoms with van der Waals surface area (Å²) in [7, 11) is 0. The van der Waals surface area contributed by atoms with Crippen molar-refractivity contribution >= 4 is 17.5 Å². The SMILES string of the molecule is O=C(c1ccc(Cl)cn1)N1CCC[C@@H]1CN1CCOCC1. The monoisotopic (exact) mass is 309 g/mol. The predicted octanol–water partition coefficient (Wildman–Crippen LogP) is 1.67. The molecule has 1 aromatic heterocycles. The first kappa shape index (κ1) is 14.8. The van der Waals surface area contributed by atoms with E-state index in [2.05, 4.69) is 9.88 Å². The number of hydrogen-bond acceptors (Lipinski definition) is 4. The molecule has 3 heterocycles. The molecule has 0 saturated carbocycles. The van der Waals surface area contributed by atoms with Crippen LogP contribution in [0.1, 0.15) is 23.3 Å². The lowest BCUT2D eigenvalue weighted by Gasteiger charge is -2.32. The maximum Gasteiger partial charge on any atom is 0.272 e. The third kappa shape index (κ3) is 3.54. The molecule has 0 radical (unpaired) electrons. The van der Waals surface area contributed by atoms with Crippen molar-refractivity contribution in [3.8, 4) is 0 Å². The van der Waals surface area contributed by atoms with E-state index in [0.717, 1.165) is 52.2 Å². The highest BCUT2D eigenvalue weighted by molar-refractivity contribution is 6.30. The van der Waals surface area contributed by atoms with Crippen molar-refractivity contribution < 1.29 is 9.53 Å². The van der Waals surface area contributed by atoms with Gasteiger partial charge in [-0.2, -0.15) is 0 Å². The Balaban J connectivity index is 1.65. The van der Waals surface area contributed by atoms with Crippen LogP contribution in [-0.4, -0.2) is 66.1 Å². The van der Waals surface area contributed by atoms with E-state index in [1.54, 1.807) is 12.1 Å². The standard InChI is InChI=1S/C15H20ClN3O2/c16-12-3-4-14(17-10-12)15(20)19-5-1-2-13(19)11-18-6-8-21-9-7-18/h3-4,10,13H,1-2,5-9,11H2/t13-/m1/s1. The second-order valence-electron chi connectivity index (χ2n) is 5.57. The van der Waals surface area contributed by atoms with Gasteiger partial charge in [-0.1, -0.05) is 11.6 Å². The lowest BCUT2D eigenvalue weighted by Crippen LogP contribution is -2.46. The Hall–Kier alpha value is -1.17.